The van der Waals surface area contributed by atoms with Crippen LogP contribution in [0.4, 0.5) is 5.82 Å². The number of nitrogens with zero attached hydrogens (tertiary/aromatic N) is 4. The van der Waals surface area contributed by atoms with Crippen molar-refractivity contribution in [1.82, 2.24) is 20.2 Å². The molecule has 0 fully saturated rings. The topological polar surface area (TPSA) is 76.7 Å². The van der Waals surface area contributed by atoms with Gasteiger partial charge in [-0.2, -0.15) is 0 Å². The molecule has 19 heavy (non-hydrogen) atoms. The predicted molar refractivity (Wildman–Crippen MR) is 71.8 cm³/mol. The van der Waals surface area contributed by atoms with Crippen LogP contribution >= 0.6 is 0 Å². The van der Waals surface area contributed by atoms with Crippen molar-refractivity contribution in [3.63, 3.8) is 0 Å². The molecule has 0 aliphatic heterocycles. The smallest absolute Gasteiger partial charge is 0.238 e. The van der Waals surface area contributed by atoms with E-state index in [-0.39, 0.29) is 12.0 Å². The Kier molecular flexibility index (Phi) is 4.09. The second-order valence-corrected chi connectivity index (χ2v) is 4.75. The third-order valence-corrected chi connectivity index (χ3v) is 2.77. The Labute approximate surface area is 112 Å². The van der Waals surface area contributed by atoms with Crippen molar-refractivity contribution in [3.8, 4) is 0 Å². The molecule has 1 atom stereocenters. The van der Waals surface area contributed by atoms with E-state index >= 15 is 0 Å². The summed E-state index contributed by atoms with van der Waals surface area (Å²) in [5.41, 5.74) is 0.998. The van der Waals surface area contributed by atoms with Crippen LogP contribution in [-0.2, 0) is 6.42 Å². The Morgan fingerprint density at radius 2 is 1.89 bits per heavy atom. The number of anilines is 1. The minimum absolute atomic E-state index is 0.0837. The summed E-state index contributed by atoms with van der Waals surface area (Å²) in [6.45, 7) is 8.06. The molecule has 2 rings (SSSR count). The monoisotopic (exact) mass is 261 g/mol. The molecule has 0 aliphatic rings. The zero-order valence-electron chi connectivity index (χ0n) is 11.7. The summed E-state index contributed by atoms with van der Waals surface area (Å²) >= 11 is 0. The number of aryl methyl sites for hydroxylation is 1. The summed E-state index contributed by atoms with van der Waals surface area (Å²) in [6, 6.07) is 1.84. The maximum atomic E-state index is 5.61. The van der Waals surface area contributed by atoms with Crippen LogP contribution in [-0.4, -0.2) is 20.2 Å². The summed E-state index contributed by atoms with van der Waals surface area (Å²) in [6.07, 6.45) is 2.44. The van der Waals surface area contributed by atoms with Crippen LogP contribution in [0.25, 0.3) is 0 Å². The van der Waals surface area contributed by atoms with E-state index in [0.717, 1.165) is 17.9 Å². The molecule has 2 heterocycles. The lowest BCUT2D eigenvalue weighted by molar-refractivity contribution is 0.419. The molecule has 2 aromatic rings. The van der Waals surface area contributed by atoms with Crippen molar-refractivity contribution in [2.24, 2.45) is 0 Å². The number of hydrogen-bond acceptors (Lipinski definition) is 6. The van der Waals surface area contributed by atoms with Crippen LogP contribution in [0.1, 0.15) is 57.1 Å². The first kappa shape index (κ1) is 13.5. The van der Waals surface area contributed by atoms with Gasteiger partial charge in [0.15, 0.2) is 0 Å². The lowest BCUT2D eigenvalue weighted by atomic mass is 10.2. The third-order valence-electron chi connectivity index (χ3n) is 2.77. The largest absolute Gasteiger partial charge is 0.423 e. The minimum Gasteiger partial charge on any atom is -0.423 e. The summed E-state index contributed by atoms with van der Waals surface area (Å²) in [4.78, 5) is 8.35. The molecule has 0 aliphatic carbocycles. The molecule has 0 radical (unpaired) electrons. The average Bonchev–Trinajstić information content (AvgIpc) is 2.89. The molecule has 0 unspecified atom stereocenters. The highest BCUT2D eigenvalue weighted by atomic mass is 16.4. The molecule has 102 valence electrons. The highest BCUT2D eigenvalue weighted by Gasteiger charge is 2.16. The van der Waals surface area contributed by atoms with E-state index < -0.39 is 0 Å². The summed E-state index contributed by atoms with van der Waals surface area (Å²) in [7, 11) is 0. The molecule has 2 aromatic heterocycles. The van der Waals surface area contributed by atoms with Crippen molar-refractivity contribution in [2.45, 2.75) is 46.1 Å². The summed E-state index contributed by atoms with van der Waals surface area (Å²) in [5.74, 6) is 2.23. The highest BCUT2D eigenvalue weighted by molar-refractivity contribution is 5.36. The lowest BCUT2D eigenvalue weighted by Crippen LogP contribution is -2.09. The normalized spacial score (nSPS) is 12.7. The van der Waals surface area contributed by atoms with E-state index in [4.69, 9.17) is 4.42 Å². The van der Waals surface area contributed by atoms with Gasteiger partial charge >= 0.3 is 0 Å². The second kappa shape index (κ2) is 5.77. The fourth-order valence-electron chi connectivity index (χ4n) is 1.61. The van der Waals surface area contributed by atoms with Gasteiger partial charge in [0.1, 0.15) is 18.2 Å². The summed E-state index contributed by atoms with van der Waals surface area (Å²) < 4.78 is 5.61. The second-order valence-electron chi connectivity index (χ2n) is 4.75. The van der Waals surface area contributed by atoms with Gasteiger partial charge in [0.2, 0.25) is 11.8 Å². The van der Waals surface area contributed by atoms with E-state index in [2.05, 4.69) is 32.4 Å². The van der Waals surface area contributed by atoms with Gasteiger partial charge in [-0.25, -0.2) is 9.97 Å². The van der Waals surface area contributed by atoms with Crippen molar-refractivity contribution in [2.75, 3.05) is 5.32 Å². The van der Waals surface area contributed by atoms with Crippen molar-refractivity contribution < 1.29 is 4.42 Å². The number of nitrogens with one attached hydrogen (secondary N) is 1. The van der Waals surface area contributed by atoms with Crippen LogP contribution in [0.2, 0.25) is 0 Å². The van der Waals surface area contributed by atoms with E-state index in [1.165, 1.54) is 0 Å². The van der Waals surface area contributed by atoms with E-state index in [0.29, 0.717) is 11.8 Å². The van der Waals surface area contributed by atoms with Crippen LogP contribution in [0.3, 0.4) is 0 Å². The van der Waals surface area contributed by atoms with Crippen LogP contribution < -0.4 is 5.32 Å². The van der Waals surface area contributed by atoms with E-state index in [1.807, 2.05) is 26.8 Å². The van der Waals surface area contributed by atoms with Crippen LogP contribution in [0.15, 0.2) is 16.8 Å². The van der Waals surface area contributed by atoms with Gasteiger partial charge in [0, 0.05) is 17.7 Å². The molecule has 0 amide bonds. The fourth-order valence-corrected chi connectivity index (χ4v) is 1.61. The molecule has 0 bridgehead atoms. The Hall–Kier alpha value is -1.98. The molecule has 6 heteroatoms. The van der Waals surface area contributed by atoms with Gasteiger partial charge in [-0.05, 0) is 13.3 Å². The van der Waals surface area contributed by atoms with Gasteiger partial charge in [0.05, 0.1) is 0 Å². The Morgan fingerprint density at radius 1 is 1.16 bits per heavy atom. The Bertz CT molecular complexity index is 537. The Balaban J connectivity index is 2.08. The predicted octanol–water partition coefficient (Wildman–Crippen LogP) is 2.72. The van der Waals surface area contributed by atoms with Crippen molar-refractivity contribution >= 4 is 5.82 Å². The fraction of sp³-hybridized carbons (Fsp3) is 0.538. The molecule has 1 N–H and O–H groups in total. The van der Waals surface area contributed by atoms with Crippen LogP contribution in [0.5, 0.6) is 0 Å². The minimum atomic E-state index is -0.0837. The molecule has 0 saturated heterocycles. The van der Waals surface area contributed by atoms with Gasteiger partial charge in [0.25, 0.3) is 0 Å². The summed E-state index contributed by atoms with van der Waals surface area (Å²) in [5, 5.41) is 11.3. The average molecular weight is 261 g/mol. The first-order valence-electron chi connectivity index (χ1n) is 6.51. The van der Waals surface area contributed by atoms with Gasteiger partial charge in [-0.15, -0.1) is 10.2 Å². The molecular formula is C13H19N5O. The molecule has 0 saturated carbocycles. The first-order chi connectivity index (χ1) is 9.10. The van der Waals surface area contributed by atoms with Gasteiger partial charge in [-0.1, -0.05) is 20.8 Å². The highest BCUT2D eigenvalue weighted by Crippen LogP contribution is 2.19. The van der Waals surface area contributed by atoms with Crippen LogP contribution in [0, 0.1) is 0 Å². The van der Waals surface area contributed by atoms with E-state index in [1.54, 1.807) is 6.33 Å². The number of hydrogen-bond donors (Lipinski definition) is 1. The zero-order chi connectivity index (χ0) is 13.8. The number of aromatic nitrogens is 4. The SMILES string of the molecule is CCc1cc(N[C@H](C)c2nnc(C(C)C)o2)ncn1. The number of rotatable bonds is 5. The first-order valence-corrected chi connectivity index (χ1v) is 6.51. The molecular weight excluding hydrogens is 242 g/mol. The third kappa shape index (κ3) is 3.27. The van der Waals surface area contributed by atoms with Crippen molar-refractivity contribution in [1.29, 1.82) is 0 Å². The van der Waals surface area contributed by atoms with Gasteiger partial charge in [-0.3, -0.25) is 0 Å². The standard InChI is InChI=1S/C13H19N5O/c1-5-10-6-11(15-7-14-10)16-9(4)13-18-17-12(19-13)8(2)3/h6-9H,5H2,1-4H3,(H,14,15,16)/t9-/m1/s1. The maximum absolute atomic E-state index is 5.61. The Morgan fingerprint density at radius 3 is 2.53 bits per heavy atom. The zero-order valence-corrected chi connectivity index (χ0v) is 11.7. The molecule has 0 aromatic carbocycles. The quantitative estimate of drug-likeness (QED) is 0.891. The van der Waals surface area contributed by atoms with Gasteiger partial charge < -0.3 is 9.73 Å². The maximum Gasteiger partial charge on any atom is 0.238 e. The van der Waals surface area contributed by atoms with E-state index in [9.17, 15) is 0 Å². The van der Waals surface area contributed by atoms with Crippen molar-refractivity contribution in [3.05, 3.63) is 29.9 Å². The molecule has 0 spiro atoms. The molecule has 6 nitrogen and oxygen atoms in total. The lowest BCUT2D eigenvalue weighted by Gasteiger charge is -2.10.